The molecule has 1 N–H and O–H groups in total. The zero-order chi connectivity index (χ0) is 22.0. The molecule has 1 unspecified atom stereocenters. The highest BCUT2D eigenvalue weighted by atomic mass is 16.5. The minimum atomic E-state index is -0.195. The van der Waals surface area contributed by atoms with Crippen molar-refractivity contribution < 1.29 is 24.2 Å². The van der Waals surface area contributed by atoms with Gasteiger partial charge in [-0.3, -0.25) is 14.5 Å². The number of fused-ring (bicyclic) bond motifs is 1. The SMILES string of the molecule is CCOC(=O)C1CCCN(Cc2c(O)ccc3c2O/C(=C\c2ccc(C)cc2)C3=O)C1. The summed E-state index contributed by atoms with van der Waals surface area (Å²) in [5, 5.41) is 10.5. The van der Waals surface area contributed by atoms with Crippen LogP contribution in [0, 0.1) is 12.8 Å². The number of esters is 1. The lowest BCUT2D eigenvalue weighted by molar-refractivity contribution is -0.150. The summed E-state index contributed by atoms with van der Waals surface area (Å²) < 4.78 is 11.1. The predicted octanol–water partition coefficient (Wildman–Crippen LogP) is 4.09. The lowest BCUT2D eigenvalue weighted by atomic mass is 9.97. The van der Waals surface area contributed by atoms with Crippen LogP contribution in [-0.2, 0) is 16.1 Å². The summed E-state index contributed by atoms with van der Waals surface area (Å²) in [6.45, 7) is 5.94. The van der Waals surface area contributed by atoms with Crippen molar-refractivity contribution in [3.8, 4) is 11.5 Å². The van der Waals surface area contributed by atoms with E-state index >= 15 is 0 Å². The van der Waals surface area contributed by atoms with Gasteiger partial charge >= 0.3 is 5.97 Å². The molecule has 0 saturated carbocycles. The third kappa shape index (κ3) is 4.49. The van der Waals surface area contributed by atoms with Crippen molar-refractivity contribution >= 4 is 17.8 Å². The van der Waals surface area contributed by atoms with E-state index in [2.05, 4.69) is 4.90 Å². The van der Waals surface area contributed by atoms with Gasteiger partial charge in [-0.25, -0.2) is 0 Å². The summed E-state index contributed by atoms with van der Waals surface area (Å²) in [7, 11) is 0. The number of aryl methyl sites for hydroxylation is 1. The number of likely N-dealkylation sites (tertiary alicyclic amines) is 1. The highest BCUT2D eigenvalue weighted by Gasteiger charge is 2.33. The minimum absolute atomic E-state index is 0.0846. The van der Waals surface area contributed by atoms with Crippen molar-refractivity contribution in [2.45, 2.75) is 33.2 Å². The van der Waals surface area contributed by atoms with Crippen LogP contribution in [0.3, 0.4) is 0 Å². The molecule has 6 heteroatoms. The molecule has 0 spiro atoms. The molecule has 0 bridgehead atoms. The number of aromatic hydroxyl groups is 1. The molecule has 2 aliphatic rings. The molecular weight excluding hydrogens is 394 g/mol. The fourth-order valence-electron chi connectivity index (χ4n) is 4.14. The van der Waals surface area contributed by atoms with Crippen molar-refractivity contribution in [3.05, 3.63) is 64.4 Å². The Balaban J connectivity index is 1.56. The van der Waals surface area contributed by atoms with Crippen LogP contribution in [-0.4, -0.2) is 41.5 Å². The Morgan fingerprint density at radius 2 is 2.03 bits per heavy atom. The molecule has 6 nitrogen and oxygen atoms in total. The molecule has 1 atom stereocenters. The van der Waals surface area contributed by atoms with E-state index in [1.165, 1.54) is 6.07 Å². The van der Waals surface area contributed by atoms with Crippen LogP contribution in [0.15, 0.2) is 42.2 Å². The number of carbonyl (C=O) groups is 2. The maximum atomic E-state index is 12.9. The molecule has 162 valence electrons. The summed E-state index contributed by atoms with van der Waals surface area (Å²) >= 11 is 0. The van der Waals surface area contributed by atoms with Gasteiger partial charge in [-0.1, -0.05) is 29.8 Å². The minimum Gasteiger partial charge on any atom is -0.507 e. The van der Waals surface area contributed by atoms with Gasteiger partial charge in [0.15, 0.2) is 5.76 Å². The average molecular weight is 421 g/mol. The quantitative estimate of drug-likeness (QED) is 0.579. The van der Waals surface area contributed by atoms with Gasteiger partial charge in [0.2, 0.25) is 5.78 Å². The molecule has 31 heavy (non-hydrogen) atoms. The molecule has 2 aliphatic heterocycles. The van der Waals surface area contributed by atoms with Crippen molar-refractivity contribution in [1.82, 2.24) is 4.90 Å². The standard InChI is InChI=1S/C25H27NO5/c1-3-30-25(29)18-5-4-12-26(14-18)15-20-21(27)11-10-19-23(28)22(31-24(19)20)13-17-8-6-16(2)7-9-17/h6-11,13,18,27H,3-5,12,14-15H2,1-2H3/b22-13-. The monoisotopic (exact) mass is 421 g/mol. The fourth-order valence-corrected chi connectivity index (χ4v) is 4.14. The summed E-state index contributed by atoms with van der Waals surface area (Å²) in [5.74, 6) is 0.188. The average Bonchev–Trinajstić information content (AvgIpc) is 3.08. The number of benzene rings is 2. The number of carbonyl (C=O) groups excluding carboxylic acids is 2. The molecule has 1 fully saturated rings. The third-order valence-corrected chi connectivity index (χ3v) is 5.80. The Bertz CT molecular complexity index is 1020. The van der Waals surface area contributed by atoms with Gasteiger partial charge in [-0.05, 0) is 57.0 Å². The van der Waals surface area contributed by atoms with Gasteiger partial charge in [-0.2, -0.15) is 0 Å². The summed E-state index contributed by atoms with van der Waals surface area (Å²) in [6.07, 6.45) is 3.39. The van der Waals surface area contributed by atoms with Gasteiger partial charge in [0.1, 0.15) is 11.5 Å². The number of phenols is 1. The molecule has 0 aromatic heterocycles. The summed E-state index contributed by atoms with van der Waals surface area (Å²) in [6, 6.07) is 11.0. The molecule has 1 saturated heterocycles. The number of Topliss-reactive ketones (excluding diaryl/α,β-unsaturated/α-hetero) is 1. The summed E-state index contributed by atoms with van der Waals surface area (Å²) in [4.78, 5) is 27.2. The number of allylic oxidation sites excluding steroid dienone is 1. The third-order valence-electron chi connectivity index (χ3n) is 5.80. The van der Waals surface area contributed by atoms with Crippen molar-refractivity contribution in [1.29, 1.82) is 0 Å². The maximum absolute atomic E-state index is 12.9. The maximum Gasteiger partial charge on any atom is 0.310 e. The van der Waals surface area contributed by atoms with Crippen LogP contribution in [0.1, 0.15) is 46.8 Å². The zero-order valence-corrected chi connectivity index (χ0v) is 17.9. The normalized spacial score (nSPS) is 19.9. The van der Waals surface area contributed by atoms with Gasteiger partial charge in [0, 0.05) is 13.1 Å². The highest BCUT2D eigenvalue weighted by molar-refractivity contribution is 6.15. The Morgan fingerprint density at radius 3 is 2.77 bits per heavy atom. The number of hydrogen-bond acceptors (Lipinski definition) is 6. The Morgan fingerprint density at radius 1 is 1.26 bits per heavy atom. The molecule has 0 aliphatic carbocycles. The highest BCUT2D eigenvalue weighted by Crippen LogP contribution is 2.40. The van der Waals surface area contributed by atoms with Crippen LogP contribution >= 0.6 is 0 Å². The first-order valence-electron chi connectivity index (χ1n) is 10.7. The largest absolute Gasteiger partial charge is 0.507 e. The van der Waals surface area contributed by atoms with Gasteiger partial charge in [-0.15, -0.1) is 0 Å². The Hall–Kier alpha value is -3.12. The van der Waals surface area contributed by atoms with Gasteiger partial charge in [0.25, 0.3) is 0 Å². The molecule has 0 amide bonds. The van der Waals surface area contributed by atoms with Crippen LogP contribution < -0.4 is 4.74 Å². The van der Waals surface area contributed by atoms with Gasteiger partial charge in [0.05, 0.1) is 23.7 Å². The lowest BCUT2D eigenvalue weighted by Crippen LogP contribution is -2.39. The van der Waals surface area contributed by atoms with E-state index in [1.807, 2.05) is 31.2 Å². The molecule has 0 radical (unpaired) electrons. The first kappa shape index (κ1) is 21.1. The molecule has 4 rings (SSSR count). The predicted molar refractivity (Wildman–Crippen MR) is 117 cm³/mol. The van der Waals surface area contributed by atoms with E-state index < -0.39 is 0 Å². The van der Waals surface area contributed by atoms with Crippen LogP contribution in [0.5, 0.6) is 11.5 Å². The second kappa shape index (κ2) is 8.94. The topological polar surface area (TPSA) is 76.1 Å². The first-order valence-corrected chi connectivity index (χ1v) is 10.7. The molecule has 2 heterocycles. The van der Waals surface area contributed by atoms with Crippen LogP contribution in [0.4, 0.5) is 0 Å². The zero-order valence-electron chi connectivity index (χ0n) is 17.9. The van der Waals surface area contributed by atoms with E-state index in [1.54, 1.807) is 19.1 Å². The number of ether oxygens (including phenoxy) is 2. The molecule has 2 aromatic carbocycles. The summed E-state index contributed by atoms with van der Waals surface area (Å²) in [5.41, 5.74) is 3.03. The van der Waals surface area contributed by atoms with Crippen LogP contribution in [0.2, 0.25) is 0 Å². The Labute approximate surface area is 182 Å². The molecular formula is C25H27NO5. The van der Waals surface area contributed by atoms with E-state index in [0.717, 1.165) is 30.5 Å². The second-order valence-electron chi connectivity index (χ2n) is 8.12. The molecule has 2 aromatic rings. The van der Waals surface area contributed by atoms with Crippen molar-refractivity contribution in [2.24, 2.45) is 5.92 Å². The number of rotatable bonds is 5. The van der Waals surface area contributed by atoms with Gasteiger partial charge < -0.3 is 14.6 Å². The number of piperidine rings is 1. The van der Waals surface area contributed by atoms with E-state index in [4.69, 9.17) is 9.47 Å². The Kier molecular flexibility index (Phi) is 6.09. The van der Waals surface area contributed by atoms with E-state index in [-0.39, 0.29) is 29.2 Å². The van der Waals surface area contributed by atoms with Crippen LogP contribution in [0.25, 0.3) is 6.08 Å². The fraction of sp³-hybridized carbons (Fsp3) is 0.360. The second-order valence-corrected chi connectivity index (χ2v) is 8.12. The number of ketones is 1. The number of phenolic OH excluding ortho intramolecular Hbond substituents is 1. The van der Waals surface area contributed by atoms with E-state index in [0.29, 0.717) is 36.6 Å². The first-order chi connectivity index (χ1) is 15.0. The lowest BCUT2D eigenvalue weighted by Gasteiger charge is -2.31. The van der Waals surface area contributed by atoms with Crippen molar-refractivity contribution in [3.63, 3.8) is 0 Å². The van der Waals surface area contributed by atoms with Crippen molar-refractivity contribution in [2.75, 3.05) is 19.7 Å². The number of hydrogen-bond donors (Lipinski definition) is 1. The number of nitrogens with zero attached hydrogens (tertiary/aromatic N) is 1. The smallest absolute Gasteiger partial charge is 0.310 e. The van der Waals surface area contributed by atoms with E-state index in [9.17, 15) is 14.7 Å².